The summed E-state index contributed by atoms with van der Waals surface area (Å²) >= 11 is 0. The lowest BCUT2D eigenvalue weighted by Crippen LogP contribution is -2.30. The van der Waals surface area contributed by atoms with E-state index in [2.05, 4.69) is 10.1 Å². The number of nitrogens with zero attached hydrogens (tertiary/aromatic N) is 4. The first kappa shape index (κ1) is 23.4. The highest BCUT2D eigenvalue weighted by Gasteiger charge is 2.41. The number of aromatic nitrogens is 3. The molecule has 0 bridgehead atoms. The van der Waals surface area contributed by atoms with Gasteiger partial charge in [-0.1, -0.05) is 0 Å². The van der Waals surface area contributed by atoms with Crippen LogP contribution in [0.2, 0.25) is 0 Å². The average Bonchev–Trinajstić information content (AvgIpc) is 3.48. The fourth-order valence-corrected chi connectivity index (χ4v) is 5.33. The zero-order valence-electron chi connectivity index (χ0n) is 17.1. The maximum atomic E-state index is 13.8. The van der Waals surface area contributed by atoms with E-state index in [9.17, 15) is 35.2 Å². The predicted molar refractivity (Wildman–Crippen MR) is 107 cm³/mol. The lowest BCUT2D eigenvalue weighted by molar-refractivity contribution is -0.137. The standard InChI is InChI=1S/C19H20F5N5O3S/c20-18(21)4-1-6-28(7-5-18)17-15(16(25)30)14(13(9-26-17)19(22,23)24)11-8-27-29(10-11)33(31,32)12-2-3-12/h8-10,12H,1-7H2,(H2,25,30). The van der Waals surface area contributed by atoms with Gasteiger partial charge in [-0.05, 0) is 19.3 Å². The lowest BCUT2D eigenvalue weighted by atomic mass is 9.97. The molecule has 8 nitrogen and oxygen atoms in total. The van der Waals surface area contributed by atoms with Crippen molar-refractivity contribution in [3.8, 4) is 11.1 Å². The van der Waals surface area contributed by atoms with Crippen molar-refractivity contribution in [1.29, 1.82) is 0 Å². The molecule has 1 saturated heterocycles. The van der Waals surface area contributed by atoms with Crippen molar-refractivity contribution in [2.24, 2.45) is 5.73 Å². The second kappa shape index (κ2) is 7.92. The molecule has 0 radical (unpaired) electrons. The summed E-state index contributed by atoms with van der Waals surface area (Å²) in [5.41, 5.74) is 2.52. The van der Waals surface area contributed by atoms with Crippen LogP contribution in [0.1, 0.15) is 48.0 Å². The molecule has 0 unspecified atom stereocenters. The SMILES string of the molecule is NC(=O)c1c(N2CCCC(F)(F)CC2)ncc(C(F)(F)F)c1-c1cnn(S(=O)(=O)C2CC2)c1. The van der Waals surface area contributed by atoms with Crippen molar-refractivity contribution in [3.63, 3.8) is 0 Å². The Labute approximate surface area is 185 Å². The topological polar surface area (TPSA) is 111 Å². The number of primary amides is 1. The summed E-state index contributed by atoms with van der Waals surface area (Å²) in [5, 5.41) is 3.03. The predicted octanol–water partition coefficient (Wildman–Crippen LogP) is 3.03. The zero-order chi connectivity index (χ0) is 24.2. The number of nitrogens with two attached hydrogens (primary N) is 1. The van der Waals surface area contributed by atoms with Gasteiger partial charge in [-0.25, -0.2) is 22.2 Å². The Hall–Kier alpha value is -2.77. The maximum Gasteiger partial charge on any atom is 0.418 e. The number of anilines is 1. The molecule has 4 rings (SSSR count). The summed E-state index contributed by atoms with van der Waals surface area (Å²) in [6.07, 6.45) is -2.80. The Bertz CT molecular complexity index is 1190. The van der Waals surface area contributed by atoms with E-state index in [1.807, 2.05) is 0 Å². The number of hydrogen-bond donors (Lipinski definition) is 1. The molecule has 1 amide bonds. The number of hydrogen-bond acceptors (Lipinski definition) is 6. The van der Waals surface area contributed by atoms with E-state index in [1.165, 1.54) is 4.90 Å². The second-order valence-electron chi connectivity index (χ2n) is 8.15. The Morgan fingerprint density at radius 2 is 1.85 bits per heavy atom. The van der Waals surface area contributed by atoms with E-state index in [0.29, 0.717) is 23.1 Å². The molecule has 0 spiro atoms. The molecular formula is C19H20F5N5O3S. The third kappa shape index (κ3) is 4.52. The molecule has 2 aliphatic rings. The number of alkyl halides is 5. The summed E-state index contributed by atoms with van der Waals surface area (Å²) in [7, 11) is -3.88. The monoisotopic (exact) mass is 493 g/mol. The minimum atomic E-state index is -4.96. The molecule has 1 saturated carbocycles. The van der Waals surface area contributed by atoms with Gasteiger partial charge in [0.2, 0.25) is 5.92 Å². The maximum absolute atomic E-state index is 13.8. The quantitative estimate of drug-likeness (QED) is 0.641. The molecule has 0 aromatic carbocycles. The van der Waals surface area contributed by atoms with Crippen molar-refractivity contribution in [1.82, 2.24) is 14.2 Å². The van der Waals surface area contributed by atoms with Gasteiger partial charge in [0.25, 0.3) is 15.9 Å². The van der Waals surface area contributed by atoms with Crippen LogP contribution in [0, 0.1) is 0 Å². The van der Waals surface area contributed by atoms with E-state index in [-0.39, 0.29) is 30.9 Å². The van der Waals surface area contributed by atoms with E-state index >= 15 is 0 Å². The van der Waals surface area contributed by atoms with E-state index in [1.54, 1.807) is 0 Å². The van der Waals surface area contributed by atoms with Crippen LogP contribution in [-0.2, 0) is 16.2 Å². The van der Waals surface area contributed by atoms with Gasteiger partial charge >= 0.3 is 6.18 Å². The lowest BCUT2D eigenvalue weighted by Gasteiger charge is -2.26. The first-order valence-corrected chi connectivity index (χ1v) is 11.6. The third-order valence-electron chi connectivity index (χ3n) is 5.68. The minimum Gasteiger partial charge on any atom is -0.365 e. The van der Waals surface area contributed by atoms with E-state index in [0.717, 1.165) is 12.4 Å². The third-order valence-corrected chi connectivity index (χ3v) is 7.72. The highest BCUT2D eigenvalue weighted by atomic mass is 32.2. The highest BCUT2D eigenvalue weighted by Crippen LogP contribution is 2.42. The van der Waals surface area contributed by atoms with E-state index < -0.39 is 62.8 Å². The summed E-state index contributed by atoms with van der Waals surface area (Å²) < 4.78 is 94.6. The number of pyridine rings is 1. The fourth-order valence-electron chi connectivity index (χ4n) is 3.86. The Kier molecular flexibility index (Phi) is 5.61. The van der Waals surface area contributed by atoms with Gasteiger partial charge in [-0.3, -0.25) is 4.79 Å². The molecule has 3 heterocycles. The van der Waals surface area contributed by atoms with Gasteiger partial charge in [0.05, 0.1) is 28.8 Å². The number of halogens is 5. The minimum absolute atomic E-state index is 0.0286. The van der Waals surface area contributed by atoms with Crippen LogP contribution in [0.3, 0.4) is 0 Å². The molecule has 2 aromatic heterocycles. The fraction of sp³-hybridized carbons (Fsp3) is 0.526. The van der Waals surface area contributed by atoms with Crippen molar-refractivity contribution >= 4 is 21.7 Å². The molecule has 2 aromatic rings. The number of carbonyl (C=O) groups excluding carboxylic acids is 1. The van der Waals surface area contributed by atoms with Crippen LogP contribution in [0.5, 0.6) is 0 Å². The number of amides is 1. The first-order chi connectivity index (χ1) is 15.3. The van der Waals surface area contributed by atoms with Crippen molar-refractivity contribution in [3.05, 3.63) is 29.7 Å². The molecule has 33 heavy (non-hydrogen) atoms. The van der Waals surface area contributed by atoms with Crippen LogP contribution in [0.25, 0.3) is 11.1 Å². The largest absolute Gasteiger partial charge is 0.418 e. The van der Waals surface area contributed by atoms with Crippen LogP contribution < -0.4 is 10.6 Å². The zero-order valence-corrected chi connectivity index (χ0v) is 18.0. The molecule has 2 fully saturated rings. The first-order valence-electron chi connectivity index (χ1n) is 10.1. The smallest absolute Gasteiger partial charge is 0.365 e. The number of carbonyl (C=O) groups is 1. The molecule has 2 N–H and O–H groups in total. The van der Waals surface area contributed by atoms with Crippen molar-refractivity contribution < 1.29 is 35.2 Å². The molecule has 14 heteroatoms. The normalized spacial score (nSPS) is 19.4. The highest BCUT2D eigenvalue weighted by molar-refractivity contribution is 7.90. The van der Waals surface area contributed by atoms with Crippen LogP contribution in [0.4, 0.5) is 27.8 Å². The Morgan fingerprint density at radius 1 is 1.15 bits per heavy atom. The van der Waals surface area contributed by atoms with Crippen molar-refractivity contribution in [2.45, 2.75) is 49.5 Å². The Morgan fingerprint density at radius 3 is 2.45 bits per heavy atom. The summed E-state index contributed by atoms with van der Waals surface area (Å²) in [4.78, 5) is 17.4. The van der Waals surface area contributed by atoms with Gasteiger partial charge < -0.3 is 10.6 Å². The second-order valence-corrected chi connectivity index (χ2v) is 10.2. The van der Waals surface area contributed by atoms with Crippen LogP contribution >= 0.6 is 0 Å². The average molecular weight is 493 g/mol. The summed E-state index contributed by atoms with van der Waals surface area (Å²) in [6, 6.07) is 0. The van der Waals surface area contributed by atoms with Gasteiger partial charge in [-0.2, -0.15) is 22.4 Å². The van der Waals surface area contributed by atoms with Crippen LogP contribution in [0.15, 0.2) is 18.6 Å². The van der Waals surface area contributed by atoms with Crippen LogP contribution in [-0.4, -0.2) is 52.8 Å². The summed E-state index contributed by atoms with van der Waals surface area (Å²) in [5.74, 6) is -4.47. The molecule has 1 aliphatic heterocycles. The Balaban J connectivity index is 1.88. The molecule has 1 aliphatic carbocycles. The van der Waals surface area contributed by atoms with Gasteiger partial charge in [0.15, 0.2) is 0 Å². The number of rotatable bonds is 5. The molecular weight excluding hydrogens is 473 g/mol. The molecule has 180 valence electrons. The van der Waals surface area contributed by atoms with Gasteiger partial charge in [0, 0.05) is 43.3 Å². The van der Waals surface area contributed by atoms with Crippen molar-refractivity contribution in [2.75, 3.05) is 18.0 Å². The van der Waals surface area contributed by atoms with E-state index in [4.69, 9.17) is 5.73 Å². The van der Waals surface area contributed by atoms with Gasteiger partial charge in [-0.15, -0.1) is 0 Å². The summed E-state index contributed by atoms with van der Waals surface area (Å²) in [6.45, 7) is -0.219. The van der Waals surface area contributed by atoms with Gasteiger partial charge in [0.1, 0.15) is 5.82 Å². The molecule has 0 atom stereocenters.